The Bertz CT molecular complexity index is 781. The van der Waals surface area contributed by atoms with E-state index in [9.17, 15) is 13.2 Å². The van der Waals surface area contributed by atoms with Crippen molar-refractivity contribution in [3.63, 3.8) is 0 Å². The molecule has 0 radical (unpaired) electrons. The number of amides is 1. The predicted molar refractivity (Wildman–Crippen MR) is 86.3 cm³/mol. The van der Waals surface area contributed by atoms with Crippen LogP contribution in [0.1, 0.15) is 22.6 Å². The van der Waals surface area contributed by atoms with Gasteiger partial charge in [-0.3, -0.25) is 4.79 Å². The molecule has 0 atom stereocenters. The Labute approximate surface area is 135 Å². The second kappa shape index (κ2) is 6.93. The van der Waals surface area contributed by atoms with Gasteiger partial charge in [-0.05, 0) is 30.7 Å². The molecule has 1 aromatic heterocycles. The van der Waals surface area contributed by atoms with Crippen molar-refractivity contribution in [1.82, 2.24) is 14.5 Å². The Balaban J connectivity index is 1.93. The monoisotopic (exact) mass is 336 g/mol. The van der Waals surface area contributed by atoms with Crippen molar-refractivity contribution in [2.45, 2.75) is 17.7 Å². The van der Waals surface area contributed by atoms with Crippen molar-refractivity contribution in [2.75, 3.05) is 13.6 Å². The van der Waals surface area contributed by atoms with Crippen molar-refractivity contribution in [1.29, 1.82) is 0 Å². The fraction of sp³-hybridized carbons (Fsp3) is 0.333. The van der Waals surface area contributed by atoms with Crippen LogP contribution in [0.2, 0.25) is 0 Å². The van der Waals surface area contributed by atoms with Crippen molar-refractivity contribution in [3.8, 4) is 0 Å². The summed E-state index contributed by atoms with van der Waals surface area (Å²) in [6.45, 7) is 0.586. The minimum absolute atomic E-state index is 0.00788. The SMILES string of the molecule is CN(CCCc1nccn1C)C(=O)c1ccc(S(N)(=O)=O)cc1. The van der Waals surface area contributed by atoms with Crippen molar-refractivity contribution in [2.24, 2.45) is 12.2 Å². The van der Waals surface area contributed by atoms with E-state index in [2.05, 4.69) is 4.98 Å². The molecule has 0 saturated carbocycles. The average Bonchev–Trinajstić information content (AvgIpc) is 2.91. The normalized spacial score (nSPS) is 11.4. The molecule has 0 spiro atoms. The summed E-state index contributed by atoms with van der Waals surface area (Å²) in [5.41, 5.74) is 0.428. The topological polar surface area (TPSA) is 98.3 Å². The number of sulfonamides is 1. The van der Waals surface area contributed by atoms with E-state index in [4.69, 9.17) is 5.14 Å². The molecule has 2 rings (SSSR count). The number of nitrogens with two attached hydrogens (primary N) is 1. The van der Waals surface area contributed by atoms with Crippen LogP contribution in [0.4, 0.5) is 0 Å². The first-order chi connectivity index (χ1) is 10.8. The van der Waals surface area contributed by atoms with E-state index < -0.39 is 10.0 Å². The molecule has 0 aliphatic carbocycles. The Morgan fingerprint density at radius 2 is 1.96 bits per heavy atom. The van der Waals surface area contributed by atoms with E-state index >= 15 is 0 Å². The summed E-state index contributed by atoms with van der Waals surface area (Å²) >= 11 is 0. The van der Waals surface area contributed by atoms with Crippen molar-refractivity contribution >= 4 is 15.9 Å². The lowest BCUT2D eigenvalue weighted by Gasteiger charge is -2.17. The first-order valence-corrected chi connectivity index (χ1v) is 8.68. The van der Waals surface area contributed by atoms with Crippen LogP contribution in [0.25, 0.3) is 0 Å². The number of imidazole rings is 1. The number of carbonyl (C=O) groups excluding carboxylic acids is 1. The molecule has 0 aliphatic heterocycles. The average molecular weight is 336 g/mol. The highest BCUT2D eigenvalue weighted by Crippen LogP contribution is 2.11. The number of hydrogen-bond acceptors (Lipinski definition) is 4. The molecular formula is C15H20N4O3S. The first kappa shape index (κ1) is 17.2. The van der Waals surface area contributed by atoms with E-state index in [1.807, 2.05) is 17.8 Å². The Kier molecular flexibility index (Phi) is 5.17. The van der Waals surface area contributed by atoms with Gasteiger partial charge in [0.05, 0.1) is 4.90 Å². The van der Waals surface area contributed by atoms with Crippen LogP contribution < -0.4 is 5.14 Å². The van der Waals surface area contributed by atoms with Gasteiger partial charge in [-0.2, -0.15) is 0 Å². The highest BCUT2D eigenvalue weighted by molar-refractivity contribution is 7.89. The molecule has 1 aromatic carbocycles. The van der Waals surface area contributed by atoms with Crippen molar-refractivity contribution < 1.29 is 13.2 Å². The second-order valence-corrected chi connectivity index (χ2v) is 6.92. The summed E-state index contributed by atoms with van der Waals surface area (Å²) in [4.78, 5) is 18.1. The predicted octanol–water partition coefficient (Wildman–Crippen LogP) is 0.772. The van der Waals surface area contributed by atoms with E-state index in [0.29, 0.717) is 12.1 Å². The largest absolute Gasteiger partial charge is 0.342 e. The van der Waals surface area contributed by atoms with Crippen LogP contribution in [0.15, 0.2) is 41.6 Å². The van der Waals surface area contributed by atoms with Gasteiger partial charge in [0.2, 0.25) is 10.0 Å². The Hall–Kier alpha value is -2.19. The number of carbonyl (C=O) groups is 1. The number of aromatic nitrogens is 2. The van der Waals surface area contributed by atoms with E-state index in [-0.39, 0.29) is 10.8 Å². The highest BCUT2D eigenvalue weighted by atomic mass is 32.2. The van der Waals surface area contributed by atoms with Gasteiger partial charge in [-0.15, -0.1) is 0 Å². The van der Waals surface area contributed by atoms with Gasteiger partial charge >= 0.3 is 0 Å². The summed E-state index contributed by atoms with van der Waals surface area (Å²) in [5, 5.41) is 5.04. The molecule has 0 fully saturated rings. The summed E-state index contributed by atoms with van der Waals surface area (Å²) in [7, 11) is -0.0917. The molecule has 1 heterocycles. The minimum atomic E-state index is -3.74. The zero-order chi connectivity index (χ0) is 17.0. The van der Waals surface area contributed by atoms with E-state index in [1.165, 1.54) is 24.3 Å². The molecule has 0 aliphatic rings. The van der Waals surface area contributed by atoms with Crippen LogP contribution in [0, 0.1) is 0 Å². The van der Waals surface area contributed by atoms with Crippen molar-refractivity contribution in [3.05, 3.63) is 48.0 Å². The third-order valence-corrected chi connectivity index (χ3v) is 4.52. The number of nitrogens with zero attached hydrogens (tertiary/aromatic N) is 3. The van der Waals surface area contributed by atoms with Gasteiger partial charge in [0.1, 0.15) is 5.82 Å². The fourth-order valence-corrected chi connectivity index (χ4v) is 2.74. The Morgan fingerprint density at radius 1 is 1.30 bits per heavy atom. The van der Waals surface area contributed by atoms with E-state index in [0.717, 1.165) is 18.7 Å². The molecular weight excluding hydrogens is 316 g/mol. The number of aryl methyl sites for hydroxylation is 2. The van der Waals surface area contributed by atoms with Crippen LogP contribution in [-0.4, -0.2) is 42.4 Å². The molecule has 124 valence electrons. The van der Waals surface area contributed by atoms with Crippen LogP contribution in [0.5, 0.6) is 0 Å². The molecule has 8 heteroatoms. The molecule has 0 unspecified atom stereocenters. The smallest absolute Gasteiger partial charge is 0.253 e. The molecule has 2 aromatic rings. The van der Waals surface area contributed by atoms with Gasteiger partial charge in [-0.1, -0.05) is 0 Å². The highest BCUT2D eigenvalue weighted by Gasteiger charge is 2.13. The number of primary sulfonamides is 1. The maximum absolute atomic E-state index is 12.3. The maximum atomic E-state index is 12.3. The lowest BCUT2D eigenvalue weighted by molar-refractivity contribution is 0.0793. The quantitative estimate of drug-likeness (QED) is 0.842. The summed E-state index contributed by atoms with van der Waals surface area (Å²) < 4.78 is 24.4. The summed E-state index contributed by atoms with van der Waals surface area (Å²) in [5.74, 6) is 0.814. The van der Waals surface area contributed by atoms with Crippen LogP contribution in [0.3, 0.4) is 0 Å². The lowest BCUT2D eigenvalue weighted by atomic mass is 10.2. The summed E-state index contributed by atoms with van der Waals surface area (Å²) in [6, 6.07) is 5.61. The van der Waals surface area contributed by atoms with E-state index in [1.54, 1.807) is 18.1 Å². The molecule has 1 amide bonds. The van der Waals surface area contributed by atoms with Crippen LogP contribution in [-0.2, 0) is 23.5 Å². The van der Waals surface area contributed by atoms with Gasteiger partial charge in [-0.25, -0.2) is 18.5 Å². The minimum Gasteiger partial charge on any atom is -0.342 e. The van der Waals surface area contributed by atoms with Gasteiger partial charge < -0.3 is 9.47 Å². The second-order valence-electron chi connectivity index (χ2n) is 5.35. The molecule has 23 heavy (non-hydrogen) atoms. The molecule has 0 bridgehead atoms. The molecule has 0 saturated heterocycles. The third-order valence-electron chi connectivity index (χ3n) is 3.59. The Morgan fingerprint density at radius 3 is 2.48 bits per heavy atom. The fourth-order valence-electron chi connectivity index (χ4n) is 2.22. The van der Waals surface area contributed by atoms with Crippen LogP contribution >= 0.6 is 0 Å². The molecule has 2 N–H and O–H groups in total. The third kappa shape index (κ3) is 4.40. The number of hydrogen-bond donors (Lipinski definition) is 1. The van der Waals surface area contributed by atoms with Gasteiger partial charge in [0.25, 0.3) is 5.91 Å². The zero-order valence-corrected chi connectivity index (χ0v) is 14.0. The number of benzene rings is 1. The summed E-state index contributed by atoms with van der Waals surface area (Å²) in [6.07, 6.45) is 5.21. The standard InChI is InChI=1S/C15H20N4O3S/c1-18-11-9-17-14(18)4-3-10-19(2)15(20)12-5-7-13(8-6-12)23(16,21)22/h5-9,11H,3-4,10H2,1-2H3,(H2,16,21,22). The molecule has 7 nitrogen and oxygen atoms in total. The maximum Gasteiger partial charge on any atom is 0.253 e. The van der Waals surface area contributed by atoms with Gasteiger partial charge in [0, 0.05) is 45.0 Å². The first-order valence-electron chi connectivity index (χ1n) is 7.13. The number of rotatable bonds is 6. The lowest BCUT2D eigenvalue weighted by Crippen LogP contribution is -2.28. The zero-order valence-electron chi connectivity index (χ0n) is 13.1. The van der Waals surface area contributed by atoms with Gasteiger partial charge in [0.15, 0.2) is 0 Å².